The fourth-order valence-electron chi connectivity index (χ4n) is 3.36. The Morgan fingerprint density at radius 3 is 2.68 bits per heavy atom. The standard InChI is InChI=1S/C24H23ClF4N4O4/c1-33(22(35)31-11-15-3-2-4-19(27)21(15)25)18(9-24(28,29)13-34)12-37-23(36)32-20-8-16-7-17(26)6-5-14(16)10-30-20/h2-8,10,18,34H,9,11-13H2,1H3,(H,31,35)(H,30,32,36)/t18-/m0/s1. The summed E-state index contributed by atoms with van der Waals surface area (Å²) in [7, 11) is 1.20. The molecule has 0 radical (unpaired) electrons. The number of nitrogens with one attached hydrogen (secondary N) is 2. The van der Waals surface area contributed by atoms with Crippen molar-refractivity contribution >= 4 is 40.3 Å². The highest BCUT2D eigenvalue weighted by Gasteiger charge is 2.35. The van der Waals surface area contributed by atoms with Crippen molar-refractivity contribution in [3.8, 4) is 0 Å². The Labute approximate surface area is 214 Å². The highest BCUT2D eigenvalue weighted by molar-refractivity contribution is 6.31. The quantitative estimate of drug-likeness (QED) is 0.332. The number of carbonyl (C=O) groups is 2. The number of nitrogens with zero attached hydrogens (tertiary/aromatic N) is 2. The van der Waals surface area contributed by atoms with Gasteiger partial charge in [0.25, 0.3) is 5.92 Å². The van der Waals surface area contributed by atoms with Crippen LogP contribution in [-0.4, -0.2) is 59.3 Å². The molecule has 3 N–H and O–H groups in total. The summed E-state index contributed by atoms with van der Waals surface area (Å²) in [6, 6.07) is 7.23. The van der Waals surface area contributed by atoms with Gasteiger partial charge in [-0.2, -0.15) is 0 Å². The average molecular weight is 543 g/mol. The predicted octanol–water partition coefficient (Wildman–Crippen LogP) is 4.94. The maximum Gasteiger partial charge on any atom is 0.412 e. The Balaban J connectivity index is 1.64. The van der Waals surface area contributed by atoms with Gasteiger partial charge < -0.3 is 20.1 Å². The lowest BCUT2D eigenvalue weighted by molar-refractivity contribution is -0.0738. The summed E-state index contributed by atoms with van der Waals surface area (Å²) < 4.78 is 60.0. The van der Waals surface area contributed by atoms with Crippen molar-refractivity contribution < 1.29 is 37.0 Å². The number of likely N-dealkylation sites (N-methyl/N-ethyl adjacent to an activating group) is 1. The number of carbonyl (C=O) groups excluding carboxylic acids is 2. The van der Waals surface area contributed by atoms with Gasteiger partial charge >= 0.3 is 12.1 Å². The Hall–Kier alpha value is -3.64. The van der Waals surface area contributed by atoms with Gasteiger partial charge in [-0.3, -0.25) is 5.32 Å². The first-order valence-electron chi connectivity index (χ1n) is 10.9. The summed E-state index contributed by atoms with van der Waals surface area (Å²) in [6.07, 6.45) is -0.673. The van der Waals surface area contributed by atoms with Crippen molar-refractivity contribution in [2.45, 2.75) is 24.9 Å². The Kier molecular flexibility index (Phi) is 9.11. The fraction of sp³-hybridized carbons (Fsp3) is 0.292. The molecule has 37 heavy (non-hydrogen) atoms. The highest BCUT2D eigenvalue weighted by atomic mass is 35.5. The number of amides is 3. The molecule has 0 bridgehead atoms. The molecule has 0 saturated heterocycles. The molecule has 3 amide bonds. The molecule has 0 aliphatic rings. The molecule has 0 spiro atoms. The number of benzene rings is 2. The van der Waals surface area contributed by atoms with Gasteiger partial charge in [-0.1, -0.05) is 23.7 Å². The molecular weight excluding hydrogens is 520 g/mol. The zero-order valence-corrected chi connectivity index (χ0v) is 20.2. The summed E-state index contributed by atoms with van der Waals surface area (Å²) in [5.74, 6) is -4.72. The van der Waals surface area contributed by atoms with Crippen molar-refractivity contribution in [2.24, 2.45) is 0 Å². The Morgan fingerprint density at radius 1 is 1.19 bits per heavy atom. The van der Waals surface area contributed by atoms with E-state index in [1.807, 2.05) is 0 Å². The number of aromatic nitrogens is 1. The molecule has 8 nitrogen and oxygen atoms in total. The smallest absolute Gasteiger partial charge is 0.412 e. The number of anilines is 1. The molecular formula is C24H23ClF4N4O4. The van der Waals surface area contributed by atoms with E-state index in [2.05, 4.69) is 15.6 Å². The molecule has 0 unspecified atom stereocenters. The van der Waals surface area contributed by atoms with E-state index in [4.69, 9.17) is 21.4 Å². The molecule has 0 aliphatic heterocycles. The van der Waals surface area contributed by atoms with E-state index in [0.29, 0.717) is 10.8 Å². The monoisotopic (exact) mass is 542 g/mol. The van der Waals surface area contributed by atoms with Gasteiger partial charge in [-0.05, 0) is 41.3 Å². The van der Waals surface area contributed by atoms with E-state index in [1.165, 1.54) is 49.6 Å². The summed E-state index contributed by atoms with van der Waals surface area (Å²) in [4.78, 5) is 29.7. The Morgan fingerprint density at radius 2 is 1.95 bits per heavy atom. The number of hydrogen-bond acceptors (Lipinski definition) is 5. The molecule has 2 aromatic carbocycles. The largest absolute Gasteiger partial charge is 0.447 e. The second-order valence-corrected chi connectivity index (χ2v) is 8.52. The van der Waals surface area contributed by atoms with Crippen LogP contribution in [0.3, 0.4) is 0 Å². The zero-order valence-electron chi connectivity index (χ0n) is 19.5. The van der Waals surface area contributed by atoms with Gasteiger partial charge in [-0.15, -0.1) is 0 Å². The molecule has 0 saturated carbocycles. The molecule has 1 aromatic heterocycles. The van der Waals surface area contributed by atoms with Crippen LogP contribution in [0.15, 0.2) is 48.7 Å². The van der Waals surface area contributed by atoms with Crippen LogP contribution >= 0.6 is 11.6 Å². The van der Waals surface area contributed by atoms with Crippen LogP contribution in [0.2, 0.25) is 5.02 Å². The van der Waals surface area contributed by atoms with Crippen LogP contribution in [0, 0.1) is 11.6 Å². The maximum atomic E-state index is 14.0. The summed E-state index contributed by atoms with van der Waals surface area (Å²) in [6.45, 7) is -2.34. The van der Waals surface area contributed by atoms with Gasteiger partial charge in [0.15, 0.2) is 0 Å². The zero-order chi connectivity index (χ0) is 27.2. The van der Waals surface area contributed by atoms with Crippen LogP contribution in [0.25, 0.3) is 10.8 Å². The van der Waals surface area contributed by atoms with E-state index < -0.39 is 55.4 Å². The van der Waals surface area contributed by atoms with Crippen molar-refractivity contribution in [3.63, 3.8) is 0 Å². The molecule has 3 aromatic rings. The highest BCUT2D eigenvalue weighted by Crippen LogP contribution is 2.23. The summed E-state index contributed by atoms with van der Waals surface area (Å²) >= 11 is 5.86. The Bertz CT molecular complexity index is 1280. The molecule has 13 heteroatoms. The number of rotatable bonds is 9. The molecule has 1 atom stereocenters. The van der Waals surface area contributed by atoms with Crippen LogP contribution in [0.5, 0.6) is 0 Å². The number of halogens is 5. The lowest BCUT2D eigenvalue weighted by Gasteiger charge is -2.30. The molecule has 1 heterocycles. The lowest BCUT2D eigenvalue weighted by atomic mass is 10.1. The predicted molar refractivity (Wildman–Crippen MR) is 129 cm³/mol. The van der Waals surface area contributed by atoms with Gasteiger partial charge in [-0.25, -0.2) is 32.1 Å². The molecule has 3 rings (SSSR count). The minimum Gasteiger partial charge on any atom is -0.447 e. The summed E-state index contributed by atoms with van der Waals surface area (Å²) in [5.41, 5.74) is 0.263. The topological polar surface area (TPSA) is 104 Å². The number of fused-ring (bicyclic) bond motifs is 1. The molecule has 198 valence electrons. The van der Waals surface area contributed by atoms with Crippen molar-refractivity contribution in [1.29, 1.82) is 0 Å². The second-order valence-electron chi connectivity index (χ2n) is 8.14. The minimum atomic E-state index is -3.57. The maximum absolute atomic E-state index is 14.0. The molecule has 0 fully saturated rings. The van der Waals surface area contributed by atoms with Gasteiger partial charge in [0.1, 0.15) is 30.7 Å². The number of pyridine rings is 1. The number of urea groups is 1. The van der Waals surface area contributed by atoms with E-state index in [1.54, 1.807) is 0 Å². The SMILES string of the molecule is CN(C(=O)NCc1cccc(F)c1Cl)[C@H](COC(=O)Nc1cc2cc(F)ccc2cn1)CC(F)(F)CO. The van der Waals surface area contributed by atoms with Crippen LogP contribution in [0.4, 0.5) is 33.0 Å². The van der Waals surface area contributed by atoms with E-state index in [9.17, 15) is 27.2 Å². The van der Waals surface area contributed by atoms with Crippen LogP contribution in [0.1, 0.15) is 12.0 Å². The number of hydrogen-bond donors (Lipinski definition) is 3. The first-order chi connectivity index (χ1) is 17.5. The molecule has 0 aliphatic carbocycles. The van der Waals surface area contributed by atoms with Crippen LogP contribution in [-0.2, 0) is 11.3 Å². The average Bonchev–Trinajstić information content (AvgIpc) is 2.86. The fourth-order valence-corrected chi connectivity index (χ4v) is 3.55. The van der Waals surface area contributed by atoms with E-state index in [0.717, 1.165) is 11.0 Å². The number of ether oxygens (including phenoxy) is 1. The van der Waals surface area contributed by atoms with Gasteiger partial charge in [0, 0.05) is 31.6 Å². The third kappa shape index (κ3) is 7.67. The number of alkyl halides is 2. The lowest BCUT2D eigenvalue weighted by Crippen LogP contribution is -2.48. The van der Waals surface area contributed by atoms with Crippen molar-refractivity contribution in [3.05, 3.63) is 70.9 Å². The van der Waals surface area contributed by atoms with Gasteiger partial charge in [0.2, 0.25) is 0 Å². The van der Waals surface area contributed by atoms with Gasteiger partial charge in [0.05, 0.1) is 11.1 Å². The number of aliphatic hydroxyl groups is 1. The first-order valence-corrected chi connectivity index (χ1v) is 11.3. The van der Waals surface area contributed by atoms with Crippen molar-refractivity contribution in [1.82, 2.24) is 15.2 Å². The first kappa shape index (κ1) is 27.9. The summed E-state index contributed by atoms with van der Waals surface area (Å²) in [5, 5.41) is 14.6. The third-order valence-electron chi connectivity index (χ3n) is 5.42. The second kappa shape index (κ2) is 12.1. The van der Waals surface area contributed by atoms with Crippen LogP contribution < -0.4 is 10.6 Å². The minimum absolute atomic E-state index is 0.0263. The third-order valence-corrected chi connectivity index (χ3v) is 5.84. The van der Waals surface area contributed by atoms with Crippen molar-refractivity contribution in [2.75, 3.05) is 25.6 Å². The van der Waals surface area contributed by atoms with E-state index >= 15 is 0 Å². The van der Waals surface area contributed by atoms with E-state index in [-0.39, 0.29) is 22.9 Å². The number of aliphatic hydroxyl groups excluding tert-OH is 1. The normalized spacial score (nSPS) is 12.2.